The average molecular weight is 120 g/mol. The van der Waals surface area contributed by atoms with Gasteiger partial charge in [0.05, 0.1) is 0 Å². The SMILES string of the molecule is C=CC(=C)C=C=C(C)C. The maximum Gasteiger partial charge on any atom is -0.0134 e. The van der Waals surface area contributed by atoms with Crippen LogP contribution in [0, 0.1) is 0 Å². The molecule has 0 heterocycles. The number of allylic oxidation sites excluding steroid dienone is 3. The summed E-state index contributed by atoms with van der Waals surface area (Å²) in [4.78, 5) is 0. The van der Waals surface area contributed by atoms with Crippen molar-refractivity contribution >= 4 is 0 Å². The summed E-state index contributed by atoms with van der Waals surface area (Å²) in [5.41, 5.74) is 5.07. The van der Waals surface area contributed by atoms with Gasteiger partial charge in [0.2, 0.25) is 0 Å². The van der Waals surface area contributed by atoms with Gasteiger partial charge in [-0.15, -0.1) is 5.73 Å². The van der Waals surface area contributed by atoms with Gasteiger partial charge in [-0.2, -0.15) is 0 Å². The molecular weight excluding hydrogens is 108 g/mol. The lowest BCUT2D eigenvalue weighted by Crippen LogP contribution is -1.61. The van der Waals surface area contributed by atoms with Crippen molar-refractivity contribution in [2.75, 3.05) is 0 Å². The fraction of sp³-hybridized carbons (Fsp3) is 0.222. The van der Waals surface area contributed by atoms with Crippen molar-refractivity contribution in [3.05, 3.63) is 42.2 Å². The summed E-state index contributed by atoms with van der Waals surface area (Å²) < 4.78 is 0. The average Bonchev–Trinajstić information content (AvgIpc) is 1.83. The van der Waals surface area contributed by atoms with E-state index in [2.05, 4.69) is 18.9 Å². The van der Waals surface area contributed by atoms with E-state index in [1.807, 2.05) is 19.9 Å². The number of hydrogen-bond donors (Lipinski definition) is 0. The normalized spacial score (nSPS) is 7.33. The van der Waals surface area contributed by atoms with Crippen molar-refractivity contribution in [1.29, 1.82) is 0 Å². The second kappa shape index (κ2) is 3.94. The van der Waals surface area contributed by atoms with Crippen LogP contribution in [0.1, 0.15) is 13.8 Å². The van der Waals surface area contributed by atoms with Crippen molar-refractivity contribution in [3.8, 4) is 0 Å². The van der Waals surface area contributed by atoms with E-state index in [4.69, 9.17) is 0 Å². The first-order chi connectivity index (χ1) is 4.16. The molecule has 0 N–H and O–H groups in total. The Morgan fingerprint density at radius 3 is 2.33 bits per heavy atom. The van der Waals surface area contributed by atoms with E-state index in [9.17, 15) is 0 Å². The molecule has 0 aliphatic carbocycles. The maximum atomic E-state index is 3.70. The Labute approximate surface area is 56.9 Å². The van der Waals surface area contributed by atoms with Crippen molar-refractivity contribution < 1.29 is 0 Å². The van der Waals surface area contributed by atoms with Gasteiger partial charge in [-0.1, -0.05) is 19.2 Å². The zero-order chi connectivity index (χ0) is 7.28. The molecule has 0 aliphatic rings. The van der Waals surface area contributed by atoms with Gasteiger partial charge in [0, 0.05) is 0 Å². The molecule has 0 saturated heterocycles. The Bertz CT molecular complexity index is 172. The third-order valence-corrected chi connectivity index (χ3v) is 0.808. The first-order valence-electron chi connectivity index (χ1n) is 2.88. The molecule has 0 aromatic rings. The molecule has 0 fully saturated rings. The van der Waals surface area contributed by atoms with Crippen LogP contribution in [0.5, 0.6) is 0 Å². The van der Waals surface area contributed by atoms with Gasteiger partial charge in [0.15, 0.2) is 0 Å². The summed E-state index contributed by atoms with van der Waals surface area (Å²) in [6.07, 6.45) is 3.53. The minimum atomic E-state index is 0.899. The van der Waals surface area contributed by atoms with Gasteiger partial charge < -0.3 is 0 Å². The lowest BCUT2D eigenvalue weighted by atomic mass is 10.2. The van der Waals surface area contributed by atoms with Crippen LogP contribution < -0.4 is 0 Å². The third kappa shape index (κ3) is 4.86. The second-order valence-electron chi connectivity index (χ2n) is 2.07. The molecule has 0 atom stereocenters. The fourth-order valence-electron chi connectivity index (χ4n) is 0.296. The molecule has 48 valence electrons. The van der Waals surface area contributed by atoms with Crippen LogP contribution in [0.4, 0.5) is 0 Å². The van der Waals surface area contributed by atoms with Crippen LogP contribution >= 0.6 is 0 Å². The van der Waals surface area contributed by atoms with Crippen molar-refractivity contribution in [2.24, 2.45) is 0 Å². The monoisotopic (exact) mass is 120 g/mol. The minimum Gasteiger partial charge on any atom is -0.122 e. The van der Waals surface area contributed by atoms with Crippen LogP contribution in [0.25, 0.3) is 0 Å². The van der Waals surface area contributed by atoms with E-state index >= 15 is 0 Å². The van der Waals surface area contributed by atoms with E-state index in [-0.39, 0.29) is 0 Å². The zero-order valence-electron chi connectivity index (χ0n) is 6.07. The minimum absolute atomic E-state index is 0.899. The predicted octanol–water partition coefficient (Wildman–Crippen LogP) is 2.85. The molecule has 0 rings (SSSR count). The molecule has 0 aliphatic heterocycles. The van der Waals surface area contributed by atoms with Crippen molar-refractivity contribution in [2.45, 2.75) is 13.8 Å². The Balaban J connectivity index is 4.16. The topological polar surface area (TPSA) is 0 Å². The van der Waals surface area contributed by atoms with E-state index < -0.39 is 0 Å². The van der Waals surface area contributed by atoms with Crippen molar-refractivity contribution in [1.82, 2.24) is 0 Å². The molecule has 0 saturated carbocycles. The highest BCUT2D eigenvalue weighted by Crippen LogP contribution is 1.92. The highest BCUT2D eigenvalue weighted by Gasteiger charge is 1.72. The highest BCUT2D eigenvalue weighted by molar-refractivity contribution is 5.25. The molecule has 9 heavy (non-hydrogen) atoms. The summed E-state index contributed by atoms with van der Waals surface area (Å²) in [5.74, 6) is 0. The molecule has 0 unspecified atom stereocenters. The summed E-state index contributed by atoms with van der Waals surface area (Å²) in [6, 6.07) is 0. The van der Waals surface area contributed by atoms with E-state index in [1.165, 1.54) is 0 Å². The molecule has 0 bridgehead atoms. The quantitative estimate of drug-likeness (QED) is 0.388. The molecule has 0 radical (unpaired) electrons. The number of hydrogen-bond acceptors (Lipinski definition) is 0. The van der Waals surface area contributed by atoms with Crippen molar-refractivity contribution in [3.63, 3.8) is 0 Å². The largest absolute Gasteiger partial charge is 0.122 e. The summed E-state index contributed by atoms with van der Waals surface area (Å²) in [6.45, 7) is 11.2. The summed E-state index contributed by atoms with van der Waals surface area (Å²) in [5, 5.41) is 0. The Kier molecular flexibility index (Phi) is 3.50. The zero-order valence-corrected chi connectivity index (χ0v) is 6.07. The molecule has 0 heteroatoms. The summed E-state index contributed by atoms with van der Waals surface area (Å²) >= 11 is 0. The molecule has 0 aromatic carbocycles. The van der Waals surface area contributed by atoms with E-state index in [0.29, 0.717) is 0 Å². The predicted molar refractivity (Wildman–Crippen MR) is 42.3 cm³/mol. The highest BCUT2D eigenvalue weighted by atomic mass is 13.8. The van der Waals surface area contributed by atoms with Crippen LogP contribution in [-0.4, -0.2) is 0 Å². The van der Waals surface area contributed by atoms with Gasteiger partial charge in [-0.3, -0.25) is 0 Å². The van der Waals surface area contributed by atoms with Crippen LogP contribution in [0.15, 0.2) is 42.2 Å². The lowest BCUT2D eigenvalue weighted by molar-refractivity contribution is 1.41. The molecule has 0 aromatic heterocycles. The number of rotatable bonds is 2. The first-order valence-corrected chi connectivity index (χ1v) is 2.88. The third-order valence-electron chi connectivity index (χ3n) is 0.808. The Hall–Kier alpha value is -1.00. The van der Waals surface area contributed by atoms with Gasteiger partial charge in [0.25, 0.3) is 0 Å². The first kappa shape index (κ1) is 8.00. The lowest BCUT2D eigenvalue weighted by Gasteiger charge is -1.81. The Morgan fingerprint density at radius 1 is 1.44 bits per heavy atom. The van der Waals surface area contributed by atoms with Gasteiger partial charge >= 0.3 is 0 Å². The Morgan fingerprint density at radius 2 is 2.00 bits per heavy atom. The van der Waals surface area contributed by atoms with Crippen LogP contribution in [0.3, 0.4) is 0 Å². The summed E-state index contributed by atoms with van der Waals surface area (Å²) in [7, 11) is 0. The van der Waals surface area contributed by atoms with Gasteiger partial charge in [-0.05, 0) is 31.1 Å². The van der Waals surface area contributed by atoms with E-state index in [1.54, 1.807) is 6.08 Å². The van der Waals surface area contributed by atoms with Gasteiger partial charge in [0.1, 0.15) is 0 Å². The molecule has 0 amide bonds. The van der Waals surface area contributed by atoms with Crippen LogP contribution in [0.2, 0.25) is 0 Å². The standard InChI is InChI=1S/C9H12/c1-5-9(4)7-6-8(2)3/h5,7H,1,4H2,2-3H3. The molecule has 0 nitrogen and oxygen atoms in total. The fourth-order valence-corrected chi connectivity index (χ4v) is 0.296. The smallest absolute Gasteiger partial charge is 0.0134 e. The van der Waals surface area contributed by atoms with E-state index in [0.717, 1.165) is 11.1 Å². The molecule has 0 spiro atoms. The maximum absolute atomic E-state index is 3.70. The second-order valence-corrected chi connectivity index (χ2v) is 2.07. The molecular formula is C9H12. The van der Waals surface area contributed by atoms with Gasteiger partial charge in [-0.25, -0.2) is 0 Å². The van der Waals surface area contributed by atoms with Crippen LogP contribution in [-0.2, 0) is 0 Å².